The second-order valence-electron chi connectivity index (χ2n) is 5.45. The van der Waals surface area contributed by atoms with Crippen LogP contribution in [0.15, 0.2) is 47.6 Å². The molecule has 0 amide bonds. The number of hydrogen-bond acceptors (Lipinski definition) is 3. The first kappa shape index (κ1) is 17.8. The summed E-state index contributed by atoms with van der Waals surface area (Å²) < 4.78 is 1.89. The Morgan fingerprint density at radius 1 is 1.04 bits per heavy atom. The molecular formula is C18H15Cl3N4. The van der Waals surface area contributed by atoms with Crippen LogP contribution >= 0.6 is 34.8 Å². The third kappa shape index (κ3) is 3.82. The quantitative estimate of drug-likeness (QED) is 0.443. The van der Waals surface area contributed by atoms with Crippen LogP contribution in [0.1, 0.15) is 17.0 Å². The van der Waals surface area contributed by atoms with Crippen molar-refractivity contribution < 1.29 is 0 Å². The van der Waals surface area contributed by atoms with Crippen molar-refractivity contribution in [2.45, 2.75) is 13.8 Å². The van der Waals surface area contributed by atoms with E-state index in [1.54, 1.807) is 18.3 Å². The van der Waals surface area contributed by atoms with Crippen molar-refractivity contribution in [1.29, 1.82) is 0 Å². The number of rotatable bonds is 4. The number of halogens is 3. The number of nitrogens with one attached hydrogen (secondary N) is 1. The van der Waals surface area contributed by atoms with Gasteiger partial charge >= 0.3 is 0 Å². The standard InChI is InChI=1S/C18H15Cl3N4/c1-11-15(12(2)25(24-11)14-6-4-3-5-7-14)10-22-23-18-16(20)8-13(19)9-17(18)21/h3-10,23H,1-2H3/b22-10+. The maximum absolute atomic E-state index is 6.14. The molecule has 0 aliphatic rings. The van der Waals surface area contributed by atoms with Gasteiger partial charge in [0.05, 0.1) is 39.0 Å². The Balaban J connectivity index is 1.87. The van der Waals surface area contributed by atoms with E-state index in [0.717, 1.165) is 22.6 Å². The molecule has 3 aromatic rings. The number of benzene rings is 2. The van der Waals surface area contributed by atoms with Crippen LogP contribution in [0.2, 0.25) is 15.1 Å². The first-order valence-corrected chi connectivity index (χ1v) is 8.66. The van der Waals surface area contributed by atoms with Crippen molar-refractivity contribution >= 4 is 46.7 Å². The van der Waals surface area contributed by atoms with Gasteiger partial charge < -0.3 is 0 Å². The van der Waals surface area contributed by atoms with E-state index in [9.17, 15) is 0 Å². The summed E-state index contributed by atoms with van der Waals surface area (Å²) in [5, 5.41) is 10.1. The number of hydrazone groups is 1. The van der Waals surface area contributed by atoms with Gasteiger partial charge in [-0.15, -0.1) is 0 Å². The summed E-state index contributed by atoms with van der Waals surface area (Å²) in [7, 11) is 0. The SMILES string of the molecule is Cc1nn(-c2ccccc2)c(C)c1/C=N/Nc1c(Cl)cc(Cl)cc1Cl. The maximum Gasteiger partial charge on any atom is 0.0935 e. The monoisotopic (exact) mass is 392 g/mol. The number of aryl methyl sites for hydroxylation is 1. The normalized spacial score (nSPS) is 11.2. The van der Waals surface area contributed by atoms with Gasteiger partial charge in [0.2, 0.25) is 0 Å². The Morgan fingerprint density at radius 3 is 2.32 bits per heavy atom. The van der Waals surface area contributed by atoms with E-state index < -0.39 is 0 Å². The number of aromatic nitrogens is 2. The van der Waals surface area contributed by atoms with Crippen molar-refractivity contribution in [1.82, 2.24) is 9.78 Å². The smallest absolute Gasteiger partial charge is 0.0935 e. The fourth-order valence-electron chi connectivity index (χ4n) is 2.47. The lowest BCUT2D eigenvalue weighted by Crippen LogP contribution is -1.99. The highest BCUT2D eigenvalue weighted by atomic mass is 35.5. The molecule has 0 unspecified atom stereocenters. The molecule has 0 atom stereocenters. The molecule has 1 aromatic heterocycles. The lowest BCUT2D eigenvalue weighted by molar-refractivity contribution is 0.833. The zero-order valence-electron chi connectivity index (χ0n) is 13.6. The third-order valence-electron chi connectivity index (χ3n) is 3.72. The summed E-state index contributed by atoms with van der Waals surface area (Å²) in [6, 6.07) is 13.2. The van der Waals surface area contributed by atoms with Crippen LogP contribution in [-0.4, -0.2) is 16.0 Å². The maximum atomic E-state index is 6.14. The highest BCUT2D eigenvalue weighted by molar-refractivity contribution is 6.41. The van der Waals surface area contributed by atoms with Gasteiger partial charge in [0.15, 0.2) is 0 Å². The molecule has 1 N–H and O–H groups in total. The molecule has 0 aliphatic carbocycles. The minimum atomic E-state index is 0.406. The predicted octanol–water partition coefficient (Wildman–Crippen LogP) is 5.90. The number of nitrogens with zero attached hydrogens (tertiary/aromatic N) is 3. The first-order chi connectivity index (χ1) is 12.0. The fourth-order valence-corrected chi connectivity index (χ4v) is 3.37. The van der Waals surface area contributed by atoms with Crippen LogP contribution in [0.25, 0.3) is 5.69 Å². The molecule has 4 nitrogen and oxygen atoms in total. The summed E-state index contributed by atoms with van der Waals surface area (Å²) in [5.74, 6) is 0. The van der Waals surface area contributed by atoms with E-state index in [1.807, 2.05) is 48.9 Å². The van der Waals surface area contributed by atoms with Crippen molar-refractivity contribution in [3.63, 3.8) is 0 Å². The first-order valence-electron chi connectivity index (χ1n) is 7.52. The van der Waals surface area contributed by atoms with Crippen LogP contribution in [0, 0.1) is 13.8 Å². The van der Waals surface area contributed by atoms with Crippen molar-refractivity contribution in [3.05, 3.63) is 74.5 Å². The number of para-hydroxylation sites is 1. The Morgan fingerprint density at radius 2 is 1.68 bits per heavy atom. The van der Waals surface area contributed by atoms with E-state index in [4.69, 9.17) is 34.8 Å². The molecule has 0 saturated carbocycles. The van der Waals surface area contributed by atoms with Crippen LogP contribution in [0.3, 0.4) is 0 Å². The highest BCUT2D eigenvalue weighted by Crippen LogP contribution is 2.33. The summed E-state index contributed by atoms with van der Waals surface area (Å²) >= 11 is 18.2. The Hall–Kier alpha value is -2.01. The molecular weight excluding hydrogens is 379 g/mol. The minimum Gasteiger partial charge on any atom is -0.275 e. The van der Waals surface area contributed by atoms with E-state index in [-0.39, 0.29) is 0 Å². The Bertz CT molecular complexity index is 910. The van der Waals surface area contributed by atoms with Gasteiger partial charge in [0, 0.05) is 10.6 Å². The molecule has 0 spiro atoms. The van der Waals surface area contributed by atoms with Gasteiger partial charge in [-0.25, -0.2) is 4.68 Å². The Labute approximate surface area is 161 Å². The molecule has 0 aliphatic heterocycles. The second-order valence-corrected chi connectivity index (χ2v) is 6.70. The van der Waals surface area contributed by atoms with Gasteiger partial charge in [-0.3, -0.25) is 5.43 Å². The number of hydrogen-bond donors (Lipinski definition) is 1. The zero-order valence-corrected chi connectivity index (χ0v) is 15.9. The summed E-state index contributed by atoms with van der Waals surface area (Å²) in [6.45, 7) is 3.94. The van der Waals surface area contributed by atoms with Gasteiger partial charge in [-0.2, -0.15) is 10.2 Å². The molecule has 25 heavy (non-hydrogen) atoms. The van der Waals surface area contributed by atoms with E-state index in [2.05, 4.69) is 15.6 Å². The van der Waals surface area contributed by atoms with Crippen molar-refractivity contribution in [3.8, 4) is 5.69 Å². The highest BCUT2D eigenvalue weighted by Gasteiger charge is 2.11. The van der Waals surface area contributed by atoms with Crippen LogP contribution < -0.4 is 5.43 Å². The lowest BCUT2D eigenvalue weighted by atomic mass is 10.2. The molecule has 128 valence electrons. The fraction of sp³-hybridized carbons (Fsp3) is 0.111. The van der Waals surface area contributed by atoms with Crippen molar-refractivity contribution in [2.24, 2.45) is 5.10 Å². The number of anilines is 1. The molecule has 1 heterocycles. The Kier molecular flexibility index (Phi) is 5.33. The molecule has 2 aromatic carbocycles. The summed E-state index contributed by atoms with van der Waals surface area (Å²) in [5.41, 5.74) is 7.17. The second kappa shape index (κ2) is 7.48. The van der Waals surface area contributed by atoms with E-state index in [1.165, 1.54) is 0 Å². The molecule has 3 rings (SSSR count). The van der Waals surface area contributed by atoms with Crippen LogP contribution in [0.4, 0.5) is 5.69 Å². The zero-order chi connectivity index (χ0) is 18.0. The largest absolute Gasteiger partial charge is 0.275 e. The topological polar surface area (TPSA) is 42.2 Å². The van der Waals surface area contributed by atoms with Gasteiger partial charge in [-0.05, 0) is 38.1 Å². The minimum absolute atomic E-state index is 0.406. The van der Waals surface area contributed by atoms with Gasteiger partial charge in [0.1, 0.15) is 0 Å². The average Bonchev–Trinajstić information content (AvgIpc) is 2.85. The predicted molar refractivity (Wildman–Crippen MR) is 106 cm³/mol. The van der Waals surface area contributed by atoms with E-state index in [0.29, 0.717) is 20.8 Å². The molecule has 0 fully saturated rings. The van der Waals surface area contributed by atoms with Gasteiger partial charge in [0.25, 0.3) is 0 Å². The molecule has 0 bridgehead atoms. The summed E-state index contributed by atoms with van der Waals surface area (Å²) in [6.07, 6.45) is 1.71. The molecule has 0 saturated heterocycles. The van der Waals surface area contributed by atoms with Crippen LogP contribution in [0.5, 0.6) is 0 Å². The lowest BCUT2D eigenvalue weighted by Gasteiger charge is -2.06. The van der Waals surface area contributed by atoms with Crippen molar-refractivity contribution in [2.75, 3.05) is 5.43 Å². The average molecular weight is 394 g/mol. The third-order valence-corrected chi connectivity index (χ3v) is 4.54. The molecule has 7 heteroatoms. The summed E-state index contributed by atoms with van der Waals surface area (Å²) in [4.78, 5) is 0. The van der Waals surface area contributed by atoms with Crippen LogP contribution in [-0.2, 0) is 0 Å². The molecule has 0 radical (unpaired) electrons. The van der Waals surface area contributed by atoms with Gasteiger partial charge in [-0.1, -0.05) is 53.0 Å². The van der Waals surface area contributed by atoms with E-state index >= 15 is 0 Å².